The highest BCUT2D eigenvalue weighted by molar-refractivity contribution is 8.14. The van der Waals surface area contributed by atoms with Crippen molar-refractivity contribution in [2.24, 2.45) is 4.99 Å². The smallest absolute Gasteiger partial charge is 0.407 e. The normalized spacial score (nSPS) is 32.9. The Morgan fingerprint density at radius 3 is 2.83 bits per heavy atom. The number of nitrogens with one attached hydrogen (secondary N) is 1. The maximum atomic E-state index is 11.3. The first-order valence-electron chi connectivity index (χ1n) is 7.85. The van der Waals surface area contributed by atoms with Gasteiger partial charge in [-0.2, -0.15) is 0 Å². The van der Waals surface area contributed by atoms with Crippen LogP contribution in [-0.4, -0.2) is 82.9 Å². The minimum atomic E-state index is -1.15. The maximum absolute atomic E-state index is 11.3. The summed E-state index contributed by atoms with van der Waals surface area (Å²) in [5.74, 6) is 0. The minimum absolute atomic E-state index is 0.117. The van der Waals surface area contributed by atoms with Crippen LogP contribution in [0.5, 0.6) is 0 Å². The van der Waals surface area contributed by atoms with Gasteiger partial charge in [0.1, 0.15) is 36.4 Å². The molecule has 9 heteroatoms. The largest absolute Gasteiger partial charge is 0.447 e. The third-order valence-electron chi connectivity index (χ3n) is 3.73. The fourth-order valence-corrected chi connectivity index (χ4v) is 3.74. The molecule has 0 aromatic heterocycles. The topological polar surface area (TPSA) is 104 Å². The van der Waals surface area contributed by atoms with E-state index in [0.29, 0.717) is 6.54 Å². The molecule has 0 bridgehead atoms. The summed E-state index contributed by atoms with van der Waals surface area (Å²) < 4.78 is 10.8. The summed E-state index contributed by atoms with van der Waals surface area (Å²) in [4.78, 5) is 17.8. The molecule has 1 saturated heterocycles. The lowest BCUT2D eigenvalue weighted by molar-refractivity contribution is -0.164. The number of ether oxygens (including phenoxy) is 2. The van der Waals surface area contributed by atoms with Gasteiger partial charge < -0.3 is 29.9 Å². The number of aliphatic imine (C=N–C) groups is 1. The molecule has 8 nitrogen and oxygen atoms in total. The summed E-state index contributed by atoms with van der Waals surface area (Å²) in [6, 6.07) is -0.509. The number of rotatable bonds is 5. The average Bonchev–Trinajstić information content (AvgIpc) is 2.94. The van der Waals surface area contributed by atoms with Crippen LogP contribution in [0, 0.1) is 0 Å². The Morgan fingerprint density at radius 2 is 2.17 bits per heavy atom. The van der Waals surface area contributed by atoms with Crippen LogP contribution >= 0.6 is 11.8 Å². The quantitative estimate of drug-likeness (QED) is 0.643. The van der Waals surface area contributed by atoms with Crippen LogP contribution < -0.4 is 5.32 Å². The van der Waals surface area contributed by atoms with Gasteiger partial charge in [0.25, 0.3) is 0 Å². The van der Waals surface area contributed by atoms with Crippen LogP contribution in [0.1, 0.15) is 20.3 Å². The average molecular weight is 347 g/mol. The van der Waals surface area contributed by atoms with E-state index in [0.717, 1.165) is 18.1 Å². The van der Waals surface area contributed by atoms with Crippen LogP contribution in [0.25, 0.3) is 0 Å². The highest BCUT2D eigenvalue weighted by Gasteiger charge is 2.49. The molecule has 0 radical (unpaired) electrons. The molecule has 0 aliphatic carbocycles. The number of aliphatic hydroxyl groups excluding tert-OH is 2. The molecule has 3 N–H and O–H groups in total. The fraction of sp³-hybridized carbons (Fsp3) is 0.857. The van der Waals surface area contributed by atoms with Gasteiger partial charge in [-0.1, -0.05) is 18.7 Å². The van der Waals surface area contributed by atoms with Crippen molar-refractivity contribution < 1.29 is 24.5 Å². The number of nitrogens with zero attached hydrogens (tertiary/aromatic N) is 2. The third-order valence-corrected chi connectivity index (χ3v) is 4.99. The van der Waals surface area contributed by atoms with Crippen LogP contribution in [0.4, 0.5) is 4.79 Å². The predicted molar refractivity (Wildman–Crippen MR) is 87.4 cm³/mol. The molecule has 1 amide bonds. The predicted octanol–water partition coefficient (Wildman–Crippen LogP) is -0.00760. The second-order valence-electron chi connectivity index (χ2n) is 5.59. The standard InChI is InChI=1S/C14H25N3O5S/c1-4-6-17(3)13-16-9-11(19)10(18)8(22-12(9)23-13)7-21-14(20)15-5-2/h8-12,18-19H,4-7H2,1-3H3,(H,15,20)/t8-,9-,10-,11-,12-/m1/s1. The number of alkyl carbamates (subject to hydrolysis) is 1. The first kappa shape index (κ1) is 18.3. The Balaban J connectivity index is 1.95. The van der Waals surface area contributed by atoms with E-state index in [1.807, 2.05) is 11.9 Å². The van der Waals surface area contributed by atoms with Gasteiger partial charge in [-0.25, -0.2) is 4.79 Å². The van der Waals surface area contributed by atoms with Gasteiger partial charge in [-0.05, 0) is 13.3 Å². The van der Waals surface area contributed by atoms with Gasteiger partial charge in [0.15, 0.2) is 5.17 Å². The Hall–Kier alpha value is -1.03. The van der Waals surface area contributed by atoms with Crippen molar-refractivity contribution in [3.05, 3.63) is 0 Å². The monoisotopic (exact) mass is 347 g/mol. The number of thioether (sulfide) groups is 1. The number of amidine groups is 1. The van der Waals surface area contributed by atoms with Crippen LogP contribution in [0.3, 0.4) is 0 Å². The van der Waals surface area contributed by atoms with E-state index in [1.54, 1.807) is 6.92 Å². The Kier molecular flexibility index (Phi) is 6.51. The third kappa shape index (κ3) is 4.28. The van der Waals surface area contributed by atoms with Crippen molar-refractivity contribution in [2.45, 2.75) is 50.1 Å². The van der Waals surface area contributed by atoms with E-state index in [2.05, 4.69) is 17.2 Å². The molecule has 0 saturated carbocycles. The molecule has 0 aromatic carbocycles. The van der Waals surface area contributed by atoms with Crippen LogP contribution in [0.15, 0.2) is 4.99 Å². The van der Waals surface area contributed by atoms with Gasteiger partial charge in [0.2, 0.25) is 0 Å². The number of carbonyl (C=O) groups is 1. The van der Waals surface area contributed by atoms with Crippen molar-refractivity contribution in [2.75, 3.05) is 26.7 Å². The number of aliphatic hydroxyl groups is 2. The van der Waals surface area contributed by atoms with Crippen molar-refractivity contribution >= 4 is 23.0 Å². The number of hydrogen-bond acceptors (Lipinski definition) is 8. The lowest BCUT2D eigenvalue weighted by Crippen LogP contribution is -2.56. The van der Waals surface area contributed by atoms with Crippen molar-refractivity contribution in [1.29, 1.82) is 0 Å². The molecule has 1 fully saturated rings. The second-order valence-corrected chi connectivity index (χ2v) is 6.66. The molecule has 0 aromatic rings. The summed E-state index contributed by atoms with van der Waals surface area (Å²) in [6.07, 6.45) is -2.55. The Bertz CT molecular complexity index is 450. The molecule has 0 unspecified atom stereocenters. The molecule has 5 atom stereocenters. The summed E-state index contributed by atoms with van der Waals surface area (Å²) in [5, 5.41) is 23.8. The zero-order valence-electron chi connectivity index (χ0n) is 13.6. The minimum Gasteiger partial charge on any atom is -0.447 e. The van der Waals surface area contributed by atoms with Crippen molar-refractivity contribution in [3.63, 3.8) is 0 Å². The number of carbonyl (C=O) groups excluding carboxylic acids is 1. The molecular weight excluding hydrogens is 322 g/mol. The fourth-order valence-electron chi connectivity index (χ4n) is 2.52. The van der Waals surface area contributed by atoms with E-state index in [-0.39, 0.29) is 12.0 Å². The molecule has 2 rings (SSSR count). The van der Waals surface area contributed by atoms with E-state index in [1.165, 1.54) is 11.8 Å². The van der Waals surface area contributed by atoms with E-state index >= 15 is 0 Å². The number of hydrogen-bond donors (Lipinski definition) is 3. The summed E-state index contributed by atoms with van der Waals surface area (Å²) in [5.41, 5.74) is -0.384. The van der Waals surface area contributed by atoms with Gasteiger partial charge in [-0.15, -0.1) is 0 Å². The van der Waals surface area contributed by atoms with E-state index < -0.39 is 30.4 Å². The molecule has 2 heterocycles. The SMILES string of the molecule is CCCN(C)C1=N[C@@H]2[C@@H](O)[C@H](O)[C@@H](COC(=O)NCC)O[C@@H]2S1. The Labute approximate surface area is 140 Å². The lowest BCUT2D eigenvalue weighted by Gasteiger charge is -2.37. The van der Waals surface area contributed by atoms with Crippen molar-refractivity contribution in [1.82, 2.24) is 10.2 Å². The van der Waals surface area contributed by atoms with E-state index in [4.69, 9.17) is 9.47 Å². The van der Waals surface area contributed by atoms with Crippen LogP contribution in [-0.2, 0) is 9.47 Å². The maximum Gasteiger partial charge on any atom is 0.407 e. The van der Waals surface area contributed by atoms with E-state index in [9.17, 15) is 15.0 Å². The zero-order chi connectivity index (χ0) is 17.0. The summed E-state index contributed by atoms with van der Waals surface area (Å²) in [7, 11) is 1.94. The first-order chi connectivity index (χ1) is 11.0. The second kappa shape index (κ2) is 8.18. The molecule has 0 spiro atoms. The number of fused-ring (bicyclic) bond motifs is 1. The first-order valence-corrected chi connectivity index (χ1v) is 8.73. The highest BCUT2D eigenvalue weighted by atomic mass is 32.2. The zero-order valence-corrected chi connectivity index (χ0v) is 14.5. The summed E-state index contributed by atoms with van der Waals surface area (Å²) in [6.45, 7) is 5.05. The molecule has 23 heavy (non-hydrogen) atoms. The molecule has 2 aliphatic heterocycles. The van der Waals surface area contributed by atoms with Gasteiger partial charge in [0, 0.05) is 20.1 Å². The molecule has 132 valence electrons. The number of amides is 1. The van der Waals surface area contributed by atoms with Crippen molar-refractivity contribution in [3.8, 4) is 0 Å². The molecule has 2 aliphatic rings. The van der Waals surface area contributed by atoms with Crippen LogP contribution in [0.2, 0.25) is 0 Å². The summed E-state index contributed by atoms with van der Waals surface area (Å²) >= 11 is 1.42. The highest BCUT2D eigenvalue weighted by Crippen LogP contribution is 2.37. The van der Waals surface area contributed by atoms with Gasteiger partial charge in [-0.3, -0.25) is 4.99 Å². The molecular formula is C14H25N3O5S. The van der Waals surface area contributed by atoms with Gasteiger partial charge >= 0.3 is 6.09 Å². The lowest BCUT2D eigenvalue weighted by atomic mass is 9.99. The van der Waals surface area contributed by atoms with Gasteiger partial charge in [0.05, 0.1) is 0 Å². The Morgan fingerprint density at radius 1 is 1.43 bits per heavy atom.